The second-order valence-corrected chi connectivity index (χ2v) is 4.00. The van der Waals surface area contributed by atoms with E-state index in [1.807, 2.05) is 13.8 Å². The summed E-state index contributed by atoms with van der Waals surface area (Å²) in [6, 6.07) is 0. The van der Waals surface area contributed by atoms with Gasteiger partial charge in [0.25, 0.3) is 0 Å². The molecule has 0 radical (unpaired) electrons. The van der Waals surface area contributed by atoms with Crippen LogP contribution in [0.2, 0.25) is 0 Å². The predicted molar refractivity (Wildman–Crippen MR) is 62.9 cm³/mol. The van der Waals surface area contributed by atoms with Crippen molar-refractivity contribution in [2.45, 2.75) is 27.1 Å². The third kappa shape index (κ3) is 7.53. The van der Waals surface area contributed by atoms with E-state index in [0.29, 0.717) is 5.94 Å². The first-order chi connectivity index (χ1) is 7.63. The summed E-state index contributed by atoms with van der Waals surface area (Å²) in [4.78, 5) is 21.9. The molecule has 0 aromatic carbocycles. The molecule has 1 fully saturated rings. The molecule has 0 aromatic rings. The first-order valence-corrected chi connectivity index (χ1v) is 6.35. The van der Waals surface area contributed by atoms with Gasteiger partial charge in [-0.05, 0) is 13.8 Å². The van der Waals surface area contributed by atoms with Crippen LogP contribution < -0.4 is 0 Å². The van der Waals surface area contributed by atoms with E-state index in [-0.39, 0.29) is 12.3 Å². The highest BCUT2D eigenvalue weighted by molar-refractivity contribution is 7.99. The highest BCUT2D eigenvalue weighted by atomic mass is 32.2. The van der Waals surface area contributed by atoms with E-state index in [1.54, 1.807) is 16.7 Å². The summed E-state index contributed by atoms with van der Waals surface area (Å²) in [5.74, 6) is 1.12. The molecule has 6 heteroatoms. The second-order valence-electron chi connectivity index (χ2n) is 3.02. The molecule has 16 heavy (non-hydrogen) atoms. The highest BCUT2D eigenvalue weighted by Gasteiger charge is 2.17. The Hall–Kier alpha value is -0.750. The van der Waals surface area contributed by atoms with Crippen molar-refractivity contribution in [1.82, 2.24) is 4.90 Å². The predicted octanol–water partition coefficient (Wildman–Crippen LogP) is 1.08. The smallest absolute Gasteiger partial charge is 0.304 e. The number of hydrogen-bond donors (Lipinski definition) is 0. The zero-order chi connectivity index (χ0) is 12.4. The lowest BCUT2D eigenvalue weighted by Gasteiger charge is -2.08. The van der Waals surface area contributed by atoms with Gasteiger partial charge in [-0.2, -0.15) is 0 Å². The summed E-state index contributed by atoms with van der Waals surface area (Å²) in [5.41, 5.74) is 0. The largest absolute Gasteiger partial charge is 0.435 e. The van der Waals surface area contributed by atoms with E-state index in [2.05, 4.69) is 0 Å². The van der Waals surface area contributed by atoms with Gasteiger partial charge in [-0.1, -0.05) is 0 Å². The van der Waals surface area contributed by atoms with Crippen LogP contribution in [-0.4, -0.2) is 48.4 Å². The van der Waals surface area contributed by atoms with Crippen LogP contribution in [0.1, 0.15) is 20.8 Å². The van der Waals surface area contributed by atoms with Gasteiger partial charge in [-0.3, -0.25) is 9.59 Å². The van der Waals surface area contributed by atoms with Gasteiger partial charge in [-0.15, -0.1) is 11.8 Å². The quantitative estimate of drug-likeness (QED) is 0.551. The van der Waals surface area contributed by atoms with Crippen LogP contribution in [0.25, 0.3) is 0 Å². The number of amides is 1. The third-order valence-corrected chi connectivity index (χ3v) is 2.66. The van der Waals surface area contributed by atoms with Gasteiger partial charge in [0, 0.05) is 20.0 Å². The van der Waals surface area contributed by atoms with Gasteiger partial charge in [0.1, 0.15) is 0 Å². The van der Waals surface area contributed by atoms with E-state index in [1.165, 1.54) is 6.92 Å². The van der Waals surface area contributed by atoms with Crippen molar-refractivity contribution in [3.63, 3.8) is 0 Å². The van der Waals surface area contributed by atoms with E-state index in [0.717, 1.165) is 25.3 Å². The zero-order valence-corrected chi connectivity index (χ0v) is 10.8. The van der Waals surface area contributed by atoms with Crippen molar-refractivity contribution in [1.29, 1.82) is 0 Å². The molecule has 0 saturated carbocycles. The second kappa shape index (κ2) is 9.47. The molecule has 1 aliphatic heterocycles. The summed E-state index contributed by atoms with van der Waals surface area (Å²) in [6.07, 6.45) is 0.562. The molecule has 5 nitrogen and oxygen atoms in total. The molecule has 1 atom stereocenters. The van der Waals surface area contributed by atoms with Gasteiger partial charge in [0.05, 0.1) is 11.7 Å². The number of esters is 1. The zero-order valence-electron chi connectivity index (χ0n) is 9.97. The van der Waals surface area contributed by atoms with Crippen molar-refractivity contribution in [3.05, 3.63) is 0 Å². The minimum absolute atomic E-state index is 0.275. The number of thioether (sulfide) groups is 1. The van der Waals surface area contributed by atoms with E-state index in [9.17, 15) is 9.59 Å². The van der Waals surface area contributed by atoms with Gasteiger partial charge >= 0.3 is 5.97 Å². The van der Waals surface area contributed by atoms with E-state index < -0.39 is 0 Å². The van der Waals surface area contributed by atoms with Gasteiger partial charge in [-0.25, -0.2) is 0 Å². The van der Waals surface area contributed by atoms with E-state index >= 15 is 0 Å². The molecule has 1 rings (SSSR count). The first kappa shape index (κ1) is 15.2. The number of rotatable bonds is 4. The first-order valence-electron chi connectivity index (χ1n) is 5.19. The normalized spacial score (nSPS) is 18.3. The average Bonchev–Trinajstić information content (AvgIpc) is 2.73. The lowest BCUT2D eigenvalue weighted by atomic mass is 10.6. The SMILES string of the molecule is CC(=O)OC1CSCO1.CCN(C=O)CC. The number of hydrogen-bond acceptors (Lipinski definition) is 5. The molecule has 0 aromatic heterocycles. The van der Waals surface area contributed by atoms with Gasteiger partial charge in [0.15, 0.2) is 0 Å². The number of nitrogens with zero attached hydrogens (tertiary/aromatic N) is 1. The third-order valence-electron chi connectivity index (χ3n) is 1.85. The van der Waals surface area contributed by atoms with Crippen LogP contribution in [-0.2, 0) is 19.1 Å². The van der Waals surface area contributed by atoms with Gasteiger partial charge < -0.3 is 14.4 Å². The molecular formula is C10H19NO4S. The van der Waals surface area contributed by atoms with Crippen LogP contribution >= 0.6 is 11.8 Å². The monoisotopic (exact) mass is 249 g/mol. The summed E-state index contributed by atoms with van der Waals surface area (Å²) < 4.78 is 9.71. The van der Waals surface area contributed by atoms with Crippen LogP contribution in [0.5, 0.6) is 0 Å². The minimum atomic E-state index is -0.299. The molecule has 1 saturated heterocycles. The topological polar surface area (TPSA) is 55.8 Å². The minimum Gasteiger partial charge on any atom is -0.435 e. The summed E-state index contributed by atoms with van der Waals surface area (Å²) in [6.45, 7) is 6.93. The molecule has 1 amide bonds. The fourth-order valence-electron chi connectivity index (χ4n) is 0.942. The Morgan fingerprint density at radius 2 is 2.19 bits per heavy atom. The lowest BCUT2D eigenvalue weighted by molar-refractivity contribution is -0.165. The van der Waals surface area contributed by atoms with Crippen molar-refractivity contribution in [2.24, 2.45) is 0 Å². The van der Waals surface area contributed by atoms with Crippen molar-refractivity contribution < 1.29 is 19.1 Å². The molecule has 1 aliphatic rings. The lowest BCUT2D eigenvalue weighted by Crippen LogP contribution is -2.19. The standard InChI is InChI=1S/C5H11NO.C5H8O3S/c1-3-6(4-2)5-7;1-4(6)8-5-2-9-3-7-5/h5H,3-4H2,1-2H3;5H,2-3H2,1H3. The molecule has 0 bridgehead atoms. The van der Waals surface area contributed by atoms with Crippen molar-refractivity contribution >= 4 is 24.1 Å². The highest BCUT2D eigenvalue weighted by Crippen LogP contribution is 2.16. The van der Waals surface area contributed by atoms with Crippen molar-refractivity contribution in [2.75, 3.05) is 24.8 Å². The summed E-state index contributed by atoms with van der Waals surface area (Å²) in [5, 5.41) is 0. The van der Waals surface area contributed by atoms with Crippen LogP contribution in [0.3, 0.4) is 0 Å². The van der Waals surface area contributed by atoms with Crippen LogP contribution in [0.4, 0.5) is 0 Å². The fourth-order valence-corrected chi connectivity index (χ4v) is 1.64. The van der Waals surface area contributed by atoms with Crippen LogP contribution in [0.15, 0.2) is 0 Å². The Labute approximate surface area is 100 Å². The maximum Gasteiger partial charge on any atom is 0.304 e. The summed E-state index contributed by atoms with van der Waals surface area (Å²) in [7, 11) is 0. The molecule has 94 valence electrons. The molecule has 0 aliphatic carbocycles. The maximum atomic E-state index is 10.3. The van der Waals surface area contributed by atoms with Gasteiger partial charge in [0.2, 0.25) is 12.7 Å². The Kier molecular flexibility index (Phi) is 9.03. The molecule has 0 spiro atoms. The fraction of sp³-hybridized carbons (Fsp3) is 0.800. The number of carbonyl (C=O) groups is 2. The Bertz CT molecular complexity index is 203. The number of ether oxygens (including phenoxy) is 2. The number of carbonyl (C=O) groups excluding carboxylic acids is 2. The Morgan fingerprint density at radius 3 is 2.44 bits per heavy atom. The van der Waals surface area contributed by atoms with Crippen molar-refractivity contribution in [3.8, 4) is 0 Å². The van der Waals surface area contributed by atoms with Crippen LogP contribution in [0, 0.1) is 0 Å². The Balaban J connectivity index is 0.000000293. The molecule has 1 heterocycles. The summed E-state index contributed by atoms with van der Waals surface area (Å²) >= 11 is 1.62. The van der Waals surface area contributed by atoms with E-state index in [4.69, 9.17) is 9.47 Å². The molecule has 0 N–H and O–H groups in total. The Morgan fingerprint density at radius 1 is 1.56 bits per heavy atom. The maximum absolute atomic E-state index is 10.3. The average molecular weight is 249 g/mol. The molecule has 1 unspecified atom stereocenters. The molecular weight excluding hydrogens is 230 g/mol.